The quantitative estimate of drug-likeness (QED) is 0.765. The predicted octanol–water partition coefficient (Wildman–Crippen LogP) is 3.65. The lowest BCUT2D eigenvalue weighted by molar-refractivity contribution is -0.113. The van der Waals surface area contributed by atoms with Gasteiger partial charge in [-0.15, -0.1) is 11.8 Å². The fourth-order valence-corrected chi connectivity index (χ4v) is 5.24. The van der Waals surface area contributed by atoms with E-state index in [0.29, 0.717) is 24.5 Å². The first-order valence-electron chi connectivity index (χ1n) is 8.98. The molecule has 144 valence electrons. The molecule has 0 saturated carbocycles. The zero-order chi connectivity index (χ0) is 19.3. The minimum absolute atomic E-state index is 0.0951. The number of nitrogens with one attached hydrogen (secondary N) is 1. The third-order valence-electron chi connectivity index (χ3n) is 4.46. The Morgan fingerprint density at radius 3 is 2.30 bits per heavy atom. The molecule has 1 fully saturated rings. The lowest BCUT2D eigenvalue weighted by Crippen LogP contribution is -2.27. The number of rotatable bonds is 7. The maximum atomic E-state index is 12.5. The average molecular weight is 405 g/mol. The van der Waals surface area contributed by atoms with E-state index in [-0.39, 0.29) is 10.8 Å². The topological polar surface area (TPSA) is 66.5 Å². The standard InChI is InChI=1S/C20H24N2O3S2/c1-16-4-6-17(7-5-16)14-26-15-20(23)21-18-8-10-19(11-9-18)27(24,25)22-12-2-3-13-22/h4-11H,2-3,12-15H2,1H3,(H,21,23). The molecule has 1 heterocycles. The highest BCUT2D eigenvalue weighted by molar-refractivity contribution is 7.99. The number of carbonyl (C=O) groups excluding carboxylic acids is 1. The Balaban J connectivity index is 1.50. The summed E-state index contributed by atoms with van der Waals surface area (Å²) in [5.41, 5.74) is 3.02. The molecule has 27 heavy (non-hydrogen) atoms. The van der Waals surface area contributed by atoms with Crippen molar-refractivity contribution in [2.75, 3.05) is 24.2 Å². The summed E-state index contributed by atoms with van der Waals surface area (Å²) in [6.07, 6.45) is 1.82. The zero-order valence-corrected chi connectivity index (χ0v) is 17.0. The number of nitrogens with zero attached hydrogens (tertiary/aromatic N) is 1. The Kier molecular flexibility index (Phi) is 6.57. The van der Waals surface area contributed by atoms with Crippen LogP contribution in [-0.2, 0) is 20.6 Å². The van der Waals surface area contributed by atoms with Crippen LogP contribution in [0.2, 0.25) is 0 Å². The maximum Gasteiger partial charge on any atom is 0.243 e. The number of carbonyl (C=O) groups is 1. The minimum atomic E-state index is -3.42. The Labute approximate surface area is 165 Å². The van der Waals surface area contributed by atoms with Gasteiger partial charge in [-0.25, -0.2) is 8.42 Å². The number of amides is 1. The molecular weight excluding hydrogens is 380 g/mol. The Morgan fingerprint density at radius 2 is 1.67 bits per heavy atom. The molecule has 1 N–H and O–H groups in total. The van der Waals surface area contributed by atoms with Crippen LogP contribution in [0.1, 0.15) is 24.0 Å². The van der Waals surface area contributed by atoms with Crippen molar-refractivity contribution < 1.29 is 13.2 Å². The minimum Gasteiger partial charge on any atom is -0.325 e. The van der Waals surface area contributed by atoms with Crippen molar-refractivity contribution in [1.82, 2.24) is 4.31 Å². The monoisotopic (exact) mass is 404 g/mol. The molecule has 1 aliphatic rings. The number of anilines is 1. The van der Waals surface area contributed by atoms with E-state index in [1.165, 1.54) is 15.4 Å². The maximum absolute atomic E-state index is 12.5. The fourth-order valence-electron chi connectivity index (χ4n) is 2.93. The van der Waals surface area contributed by atoms with Crippen LogP contribution in [0.15, 0.2) is 53.4 Å². The average Bonchev–Trinajstić information content (AvgIpc) is 3.19. The highest BCUT2D eigenvalue weighted by Gasteiger charge is 2.26. The summed E-state index contributed by atoms with van der Waals surface area (Å²) in [5, 5.41) is 2.82. The SMILES string of the molecule is Cc1ccc(CSCC(=O)Nc2ccc(S(=O)(=O)N3CCCC3)cc2)cc1. The molecular formula is C20H24N2O3S2. The molecule has 0 aliphatic carbocycles. The van der Waals surface area contributed by atoms with Crippen LogP contribution in [0.4, 0.5) is 5.69 Å². The van der Waals surface area contributed by atoms with E-state index in [2.05, 4.69) is 29.6 Å². The van der Waals surface area contributed by atoms with E-state index >= 15 is 0 Å². The van der Waals surface area contributed by atoms with Crippen molar-refractivity contribution in [2.24, 2.45) is 0 Å². The summed E-state index contributed by atoms with van der Waals surface area (Å²) in [6.45, 7) is 3.21. The molecule has 0 atom stereocenters. The molecule has 0 radical (unpaired) electrons. The fraction of sp³-hybridized carbons (Fsp3) is 0.350. The van der Waals surface area contributed by atoms with Crippen molar-refractivity contribution in [3.05, 3.63) is 59.7 Å². The lowest BCUT2D eigenvalue weighted by Gasteiger charge is -2.15. The zero-order valence-electron chi connectivity index (χ0n) is 15.3. The van der Waals surface area contributed by atoms with E-state index in [1.807, 2.05) is 6.92 Å². The smallest absolute Gasteiger partial charge is 0.243 e. The third kappa shape index (κ3) is 5.34. The van der Waals surface area contributed by atoms with Crippen LogP contribution in [0.3, 0.4) is 0 Å². The van der Waals surface area contributed by atoms with Crippen molar-refractivity contribution in [1.29, 1.82) is 0 Å². The summed E-state index contributed by atoms with van der Waals surface area (Å²) < 4.78 is 26.5. The number of hydrogen-bond acceptors (Lipinski definition) is 4. The van der Waals surface area contributed by atoms with Crippen molar-refractivity contribution in [2.45, 2.75) is 30.4 Å². The molecule has 1 aliphatic heterocycles. The van der Waals surface area contributed by atoms with Crippen LogP contribution in [-0.4, -0.2) is 37.5 Å². The Bertz CT molecular complexity index is 872. The second-order valence-electron chi connectivity index (χ2n) is 6.66. The number of sulfonamides is 1. The summed E-state index contributed by atoms with van der Waals surface area (Å²) in [4.78, 5) is 12.4. The second-order valence-corrected chi connectivity index (χ2v) is 9.59. The molecule has 7 heteroatoms. The van der Waals surface area contributed by atoms with Gasteiger partial charge in [0.15, 0.2) is 0 Å². The van der Waals surface area contributed by atoms with Crippen molar-refractivity contribution >= 4 is 33.4 Å². The third-order valence-corrected chi connectivity index (χ3v) is 7.38. The molecule has 1 amide bonds. The summed E-state index contributed by atoms with van der Waals surface area (Å²) in [7, 11) is -3.42. The summed E-state index contributed by atoms with van der Waals surface area (Å²) in [5.74, 6) is 1.03. The number of thioether (sulfide) groups is 1. The first-order valence-corrected chi connectivity index (χ1v) is 11.6. The Morgan fingerprint density at radius 1 is 1.04 bits per heavy atom. The molecule has 2 aromatic rings. The van der Waals surface area contributed by atoms with Crippen molar-refractivity contribution in [3.8, 4) is 0 Å². The first kappa shape index (κ1) is 19.9. The predicted molar refractivity (Wildman–Crippen MR) is 110 cm³/mol. The summed E-state index contributed by atoms with van der Waals surface area (Å²) in [6, 6.07) is 14.7. The molecule has 0 spiro atoms. The van der Waals surface area contributed by atoms with Crippen LogP contribution >= 0.6 is 11.8 Å². The van der Waals surface area contributed by atoms with Gasteiger partial charge in [-0.2, -0.15) is 4.31 Å². The van der Waals surface area contributed by atoms with Gasteiger partial charge < -0.3 is 5.32 Å². The molecule has 3 rings (SSSR count). The molecule has 1 saturated heterocycles. The lowest BCUT2D eigenvalue weighted by atomic mass is 10.2. The molecule has 2 aromatic carbocycles. The van der Waals surface area contributed by atoms with Crippen LogP contribution in [0, 0.1) is 6.92 Å². The Hall–Kier alpha value is -1.83. The van der Waals surface area contributed by atoms with Gasteiger partial charge in [-0.05, 0) is 49.6 Å². The number of aryl methyl sites for hydroxylation is 1. The van der Waals surface area contributed by atoms with Gasteiger partial charge in [0, 0.05) is 24.5 Å². The second kappa shape index (κ2) is 8.91. The molecule has 0 unspecified atom stereocenters. The molecule has 0 aromatic heterocycles. The van der Waals surface area contributed by atoms with E-state index in [0.717, 1.165) is 18.6 Å². The van der Waals surface area contributed by atoms with E-state index in [1.54, 1.807) is 36.0 Å². The number of benzene rings is 2. The number of hydrogen-bond donors (Lipinski definition) is 1. The normalized spacial score (nSPS) is 15.0. The highest BCUT2D eigenvalue weighted by Crippen LogP contribution is 2.22. The summed E-state index contributed by atoms with van der Waals surface area (Å²) >= 11 is 1.55. The molecule has 0 bridgehead atoms. The van der Waals surface area contributed by atoms with Gasteiger partial charge in [-0.1, -0.05) is 29.8 Å². The molecule has 5 nitrogen and oxygen atoms in total. The van der Waals surface area contributed by atoms with E-state index < -0.39 is 10.0 Å². The van der Waals surface area contributed by atoms with E-state index in [4.69, 9.17) is 0 Å². The van der Waals surface area contributed by atoms with Gasteiger partial charge in [0.1, 0.15) is 0 Å². The van der Waals surface area contributed by atoms with Crippen molar-refractivity contribution in [3.63, 3.8) is 0 Å². The van der Waals surface area contributed by atoms with Crippen LogP contribution < -0.4 is 5.32 Å². The van der Waals surface area contributed by atoms with Gasteiger partial charge in [0.2, 0.25) is 15.9 Å². The van der Waals surface area contributed by atoms with Gasteiger partial charge in [0.25, 0.3) is 0 Å². The first-order chi connectivity index (χ1) is 12.9. The van der Waals surface area contributed by atoms with Crippen LogP contribution in [0.25, 0.3) is 0 Å². The highest BCUT2D eigenvalue weighted by atomic mass is 32.2. The van der Waals surface area contributed by atoms with Gasteiger partial charge in [0.05, 0.1) is 10.6 Å². The largest absolute Gasteiger partial charge is 0.325 e. The van der Waals surface area contributed by atoms with E-state index in [9.17, 15) is 13.2 Å². The van der Waals surface area contributed by atoms with Crippen LogP contribution in [0.5, 0.6) is 0 Å². The van der Waals surface area contributed by atoms with Gasteiger partial charge >= 0.3 is 0 Å². The van der Waals surface area contributed by atoms with Gasteiger partial charge in [-0.3, -0.25) is 4.79 Å².